The molecule has 6 rings (SSSR count). The number of benzene rings is 5. The third-order valence-corrected chi connectivity index (χ3v) is 5.83. The first kappa shape index (κ1) is 16.9. The number of nitrogens with two attached hydrogens (primary N) is 1. The smallest absolute Gasteiger partial charge is 0.136 e. The number of furan rings is 1. The van der Waals surface area contributed by atoms with Crippen molar-refractivity contribution < 1.29 is 4.42 Å². The van der Waals surface area contributed by atoms with Crippen LogP contribution in [0.2, 0.25) is 0 Å². The molecular formula is C28H19NO. The average Bonchev–Trinajstić information content (AvgIpc) is 3.18. The van der Waals surface area contributed by atoms with Crippen LogP contribution in [0, 0.1) is 0 Å². The van der Waals surface area contributed by atoms with E-state index < -0.39 is 0 Å². The standard InChI is InChI=1S/C28H19NO/c29-24-17-23(18-9-2-1-3-10-18)19-11-4-5-12-20(19)27(24)22-14-8-16-26-28(22)21-13-6-7-15-25(21)30-26/h1-17H,29H2. The van der Waals surface area contributed by atoms with E-state index in [2.05, 4.69) is 66.7 Å². The Bertz CT molecular complexity index is 1540. The number of nitrogen functional groups attached to an aromatic ring is 1. The van der Waals surface area contributed by atoms with Crippen LogP contribution in [-0.2, 0) is 0 Å². The largest absolute Gasteiger partial charge is 0.456 e. The Labute approximate surface area is 174 Å². The molecule has 1 heterocycles. The summed E-state index contributed by atoms with van der Waals surface area (Å²) in [5.41, 5.74) is 13.7. The minimum Gasteiger partial charge on any atom is -0.456 e. The quantitative estimate of drug-likeness (QED) is 0.311. The van der Waals surface area contributed by atoms with Gasteiger partial charge in [0, 0.05) is 22.0 Å². The van der Waals surface area contributed by atoms with Gasteiger partial charge in [0.2, 0.25) is 0 Å². The molecule has 2 heteroatoms. The van der Waals surface area contributed by atoms with Crippen molar-refractivity contribution in [2.45, 2.75) is 0 Å². The van der Waals surface area contributed by atoms with Crippen molar-refractivity contribution >= 4 is 38.4 Å². The molecule has 5 aromatic carbocycles. The van der Waals surface area contributed by atoms with Crippen LogP contribution >= 0.6 is 0 Å². The second-order valence-electron chi connectivity index (χ2n) is 7.58. The van der Waals surface area contributed by atoms with E-state index in [1.165, 1.54) is 10.9 Å². The van der Waals surface area contributed by atoms with Gasteiger partial charge >= 0.3 is 0 Å². The molecule has 0 saturated heterocycles. The van der Waals surface area contributed by atoms with Crippen LogP contribution < -0.4 is 5.73 Å². The van der Waals surface area contributed by atoms with Gasteiger partial charge in [-0.15, -0.1) is 0 Å². The molecular weight excluding hydrogens is 366 g/mol. The van der Waals surface area contributed by atoms with Crippen molar-refractivity contribution in [3.63, 3.8) is 0 Å². The Hall–Kier alpha value is -4.04. The van der Waals surface area contributed by atoms with Gasteiger partial charge in [0.05, 0.1) is 0 Å². The third kappa shape index (κ3) is 2.44. The topological polar surface area (TPSA) is 39.2 Å². The van der Waals surface area contributed by atoms with Gasteiger partial charge < -0.3 is 10.2 Å². The molecule has 1 aromatic heterocycles. The summed E-state index contributed by atoms with van der Waals surface area (Å²) in [4.78, 5) is 0. The van der Waals surface area contributed by atoms with Crippen LogP contribution in [0.25, 0.3) is 55.0 Å². The second kappa shape index (κ2) is 6.50. The average molecular weight is 385 g/mol. The van der Waals surface area contributed by atoms with Crippen LogP contribution in [0.15, 0.2) is 108 Å². The Morgan fingerprint density at radius 3 is 2.03 bits per heavy atom. The lowest BCUT2D eigenvalue weighted by atomic mass is 9.89. The molecule has 0 aliphatic heterocycles. The zero-order valence-corrected chi connectivity index (χ0v) is 16.3. The molecule has 0 amide bonds. The lowest BCUT2D eigenvalue weighted by Gasteiger charge is -2.16. The van der Waals surface area contributed by atoms with Gasteiger partial charge in [0.15, 0.2) is 0 Å². The van der Waals surface area contributed by atoms with Crippen molar-refractivity contribution in [3.8, 4) is 22.3 Å². The fourth-order valence-corrected chi connectivity index (χ4v) is 4.54. The maximum atomic E-state index is 6.73. The van der Waals surface area contributed by atoms with Gasteiger partial charge in [0.1, 0.15) is 11.2 Å². The number of anilines is 1. The highest BCUT2D eigenvalue weighted by Crippen LogP contribution is 2.44. The monoisotopic (exact) mass is 385 g/mol. The lowest BCUT2D eigenvalue weighted by molar-refractivity contribution is 0.669. The summed E-state index contributed by atoms with van der Waals surface area (Å²) in [5.74, 6) is 0. The number of hydrogen-bond donors (Lipinski definition) is 1. The SMILES string of the molecule is Nc1cc(-c2ccccc2)c2ccccc2c1-c1cccc2oc3ccccc3c12. The fourth-order valence-electron chi connectivity index (χ4n) is 4.54. The van der Waals surface area contributed by atoms with E-state index >= 15 is 0 Å². The summed E-state index contributed by atoms with van der Waals surface area (Å²) in [6, 6.07) is 35.4. The van der Waals surface area contributed by atoms with Crippen LogP contribution in [0.3, 0.4) is 0 Å². The Morgan fingerprint density at radius 1 is 0.533 bits per heavy atom. The molecule has 30 heavy (non-hydrogen) atoms. The summed E-state index contributed by atoms with van der Waals surface area (Å²) >= 11 is 0. The predicted molar refractivity (Wildman–Crippen MR) is 127 cm³/mol. The highest BCUT2D eigenvalue weighted by molar-refractivity contribution is 6.18. The first-order valence-electron chi connectivity index (χ1n) is 10.1. The highest BCUT2D eigenvalue weighted by atomic mass is 16.3. The van der Waals surface area contributed by atoms with E-state index in [-0.39, 0.29) is 0 Å². The van der Waals surface area contributed by atoms with E-state index in [9.17, 15) is 0 Å². The molecule has 142 valence electrons. The molecule has 0 radical (unpaired) electrons. The van der Waals surface area contributed by atoms with Crippen LogP contribution in [0.1, 0.15) is 0 Å². The number of para-hydroxylation sites is 1. The van der Waals surface area contributed by atoms with Crippen LogP contribution in [0.5, 0.6) is 0 Å². The van der Waals surface area contributed by atoms with Gasteiger partial charge in [-0.1, -0.05) is 84.9 Å². The van der Waals surface area contributed by atoms with Gasteiger partial charge in [-0.05, 0) is 45.7 Å². The molecule has 0 aliphatic carbocycles. The Kier molecular flexibility index (Phi) is 3.65. The van der Waals surface area contributed by atoms with Crippen molar-refractivity contribution in [3.05, 3.63) is 103 Å². The Morgan fingerprint density at radius 2 is 1.20 bits per heavy atom. The van der Waals surface area contributed by atoms with Crippen molar-refractivity contribution in [1.82, 2.24) is 0 Å². The highest BCUT2D eigenvalue weighted by Gasteiger charge is 2.18. The van der Waals surface area contributed by atoms with E-state index in [1.807, 2.05) is 36.4 Å². The van der Waals surface area contributed by atoms with Crippen LogP contribution in [0.4, 0.5) is 5.69 Å². The van der Waals surface area contributed by atoms with Crippen molar-refractivity contribution in [2.75, 3.05) is 5.73 Å². The van der Waals surface area contributed by atoms with E-state index in [4.69, 9.17) is 10.2 Å². The molecule has 0 bridgehead atoms. The molecule has 2 nitrogen and oxygen atoms in total. The normalized spacial score (nSPS) is 11.5. The maximum Gasteiger partial charge on any atom is 0.136 e. The predicted octanol–water partition coefficient (Wildman–Crippen LogP) is 7.66. The maximum absolute atomic E-state index is 6.73. The third-order valence-electron chi connectivity index (χ3n) is 5.83. The number of fused-ring (bicyclic) bond motifs is 4. The minimum absolute atomic E-state index is 0.769. The van der Waals surface area contributed by atoms with Crippen LogP contribution in [-0.4, -0.2) is 0 Å². The van der Waals surface area contributed by atoms with E-state index in [0.717, 1.165) is 49.7 Å². The molecule has 0 atom stereocenters. The summed E-state index contributed by atoms with van der Waals surface area (Å²) < 4.78 is 6.12. The summed E-state index contributed by atoms with van der Waals surface area (Å²) in [6.07, 6.45) is 0. The molecule has 0 fully saturated rings. The zero-order valence-electron chi connectivity index (χ0n) is 16.3. The number of rotatable bonds is 2. The molecule has 0 saturated carbocycles. The molecule has 0 aliphatic rings. The minimum atomic E-state index is 0.769. The first-order valence-corrected chi connectivity index (χ1v) is 10.1. The second-order valence-corrected chi connectivity index (χ2v) is 7.58. The number of hydrogen-bond acceptors (Lipinski definition) is 2. The molecule has 6 aromatic rings. The zero-order chi connectivity index (χ0) is 20.1. The molecule has 0 spiro atoms. The Balaban J connectivity index is 1.74. The van der Waals surface area contributed by atoms with Gasteiger partial charge in [-0.3, -0.25) is 0 Å². The summed E-state index contributed by atoms with van der Waals surface area (Å²) in [7, 11) is 0. The van der Waals surface area contributed by atoms with Crippen molar-refractivity contribution in [1.29, 1.82) is 0 Å². The summed E-state index contributed by atoms with van der Waals surface area (Å²) in [6.45, 7) is 0. The van der Waals surface area contributed by atoms with Gasteiger partial charge in [-0.2, -0.15) is 0 Å². The first-order chi connectivity index (χ1) is 14.8. The summed E-state index contributed by atoms with van der Waals surface area (Å²) in [5, 5.41) is 4.56. The lowest BCUT2D eigenvalue weighted by Crippen LogP contribution is -1.95. The van der Waals surface area contributed by atoms with Gasteiger partial charge in [0.25, 0.3) is 0 Å². The van der Waals surface area contributed by atoms with E-state index in [1.54, 1.807) is 0 Å². The molecule has 2 N–H and O–H groups in total. The van der Waals surface area contributed by atoms with E-state index in [0.29, 0.717) is 0 Å². The van der Waals surface area contributed by atoms with Gasteiger partial charge in [-0.25, -0.2) is 0 Å². The molecule has 0 unspecified atom stereocenters. The van der Waals surface area contributed by atoms with Crippen molar-refractivity contribution in [2.24, 2.45) is 0 Å². The fraction of sp³-hybridized carbons (Fsp3) is 0.